The van der Waals surface area contributed by atoms with Crippen LogP contribution in [0.1, 0.15) is 44.2 Å². The molecule has 1 spiro atoms. The summed E-state index contributed by atoms with van der Waals surface area (Å²) in [4.78, 5) is 43.2. The van der Waals surface area contributed by atoms with Crippen molar-refractivity contribution in [1.29, 1.82) is 0 Å². The molecule has 2 aromatic carbocycles. The van der Waals surface area contributed by atoms with E-state index in [1.54, 1.807) is 12.1 Å². The molecule has 0 aliphatic carbocycles. The number of likely N-dealkylation sites (tertiary alicyclic amines) is 1. The Morgan fingerprint density at radius 2 is 1.89 bits per heavy atom. The van der Waals surface area contributed by atoms with Crippen molar-refractivity contribution in [1.82, 2.24) is 10.2 Å². The standard InChI is InChI=1S/C29H34ClN3O5/c1-4-19(16-34)33-24(26(36)32-23-17(2)9-8-12-20(23)30)29-14-13-28(3,38-29)21(22(29)27(33)37)25(35)31-15-18-10-6-5-7-11-18/h5-12,19,21-22,24,34H,4,13-16H2,1-3H3,(H,31,35)(H,32,36)/t19-,21-,22-,24?,28+,29?/m0/s1. The summed E-state index contributed by atoms with van der Waals surface area (Å²) >= 11 is 6.40. The van der Waals surface area contributed by atoms with Gasteiger partial charge in [-0.25, -0.2) is 0 Å². The van der Waals surface area contributed by atoms with Crippen molar-refractivity contribution in [2.45, 2.75) is 69.9 Å². The van der Waals surface area contributed by atoms with Gasteiger partial charge in [-0.2, -0.15) is 0 Å². The summed E-state index contributed by atoms with van der Waals surface area (Å²) in [5.74, 6) is -2.62. The predicted molar refractivity (Wildman–Crippen MR) is 143 cm³/mol. The van der Waals surface area contributed by atoms with Gasteiger partial charge in [-0.1, -0.05) is 61.0 Å². The molecule has 3 aliphatic rings. The Kier molecular flexibility index (Phi) is 7.00. The average molecular weight is 540 g/mol. The Morgan fingerprint density at radius 1 is 1.16 bits per heavy atom. The number of aryl methyl sites for hydroxylation is 1. The smallest absolute Gasteiger partial charge is 0.250 e. The van der Waals surface area contributed by atoms with Gasteiger partial charge in [-0.15, -0.1) is 0 Å². The topological polar surface area (TPSA) is 108 Å². The number of nitrogens with zero attached hydrogens (tertiary/aromatic N) is 1. The second-order valence-electron chi connectivity index (χ2n) is 10.8. The first-order valence-corrected chi connectivity index (χ1v) is 13.6. The Balaban J connectivity index is 1.51. The second-order valence-corrected chi connectivity index (χ2v) is 11.2. The molecule has 3 aliphatic heterocycles. The van der Waals surface area contributed by atoms with Gasteiger partial charge >= 0.3 is 0 Å². The van der Waals surface area contributed by atoms with Crippen LogP contribution in [-0.2, 0) is 25.7 Å². The van der Waals surface area contributed by atoms with Gasteiger partial charge in [0.1, 0.15) is 11.6 Å². The summed E-state index contributed by atoms with van der Waals surface area (Å²) < 4.78 is 6.63. The predicted octanol–water partition coefficient (Wildman–Crippen LogP) is 3.44. The number of fused-ring (bicyclic) bond motifs is 1. The number of halogens is 1. The van der Waals surface area contributed by atoms with Crippen LogP contribution in [0.25, 0.3) is 0 Å². The molecule has 2 aromatic rings. The Bertz CT molecular complexity index is 1230. The van der Waals surface area contributed by atoms with E-state index in [4.69, 9.17) is 16.3 Å². The minimum Gasteiger partial charge on any atom is -0.394 e. The molecular formula is C29H34ClN3O5. The highest BCUT2D eigenvalue weighted by atomic mass is 35.5. The van der Waals surface area contributed by atoms with Gasteiger partial charge in [0.05, 0.1) is 40.8 Å². The first kappa shape index (κ1) is 26.7. The van der Waals surface area contributed by atoms with Crippen LogP contribution < -0.4 is 10.6 Å². The van der Waals surface area contributed by atoms with Crippen molar-refractivity contribution in [3.05, 3.63) is 64.7 Å². The van der Waals surface area contributed by atoms with Gasteiger partial charge in [0.25, 0.3) is 0 Å². The van der Waals surface area contributed by atoms with E-state index >= 15 is 0 Å². The van der Waals surface area contributed by atoms with Crippen molar-refractivity contribution in [2.75, 3.05) is 11.9 Å². The summed E-state index contributed by atoms with van der Waals surface area (Å²) in [7, 11) is 0. The van der Waals surface area contributed by atoms with Crippen LogP contribution in [0, 0.1) is 18.8 Å². The van der Waals surface area contributed by atoms with Crippen molar-refractivity contribution >= 4 is 35.0 Å². The Labute approximate surface area is 227 Å². The maximum Gasteiger partial charge on any atom is 0.250 e. The quantitative estimate of drug-likeness (QED) is 0.476. The molecule has 9 heteroatoms. The van der Waals surface area contributed by atoms with E-state index in [-0.39, 0.29) is 18.4 Å². The maximum atomic E-state index is 14.1. The normalized spacial score (nSPS) is 30.3. The molecule has 3 heterocycles. The van der Waals surface area contributed by atoms with E-state index in [1.807, 2.05) is 57.2 Å². The maximum absolute atomic E-state index is 14.1. The van der Waals surface area contributed by atoms with Crippen LogP contribution in [-0.4, -0.2) is 57.6 Å². The fraction of sp³-hybridized carbons (Fsp3) is 0.483. The monoisotopic (exact) mass is 539 g/mol. The van der Waals surface area contributed by atoms with E-state index in [1.165, 1.54) is 4.90 Å². The fourth-order valence-corrected chi connectivity index (χ4v) is 7.02. The molecule has 3 N–H and O–H groups in total. The molecule has 202 valence electrons. The first-order valence-electron chi connectivity index (χ1n) is 13.2. The Morgan fingerprint density at radius 3 is 2.55 bits per heavy atom. The highest BCUT2D eigenvalue weighted by Gasteiger charge is 2.78. The third kappa shape index (κ3) is 4.10. The lowest BCUT2D eigenvalue weighted by atomic mass is 9.66. The number of para-hydroxylation sites is 1. The summed E-state index contributed by atoms with van der Waals surface area (Å²) in [6.07, 6.45) is 1.45. The van der Waals surface area contributed by atoms with E-state index in [2.05, 4.69) is 10.6 Å². The van der Waals surface area contributed by atoms with Crippen LogP contribution in [0.2, 0.25) is 5.02 Å². The molecule has 38 heavy (non-hydrogen) atoms. The van der Waals surface area contributed by atoms with Gasteiger partial charge in [0, 0.05) is 6.54 Å². The number of ether oxygens (including phenoxy) is 1. The largest absolute Gasteiger partial charge is 0.394 e. The highest BCUT2D eigenvalue weighted by Crippen LogP contribution is 2.63. The SMILES string of the molecule is CC[C@@H](CO)N1C(=O)[C@@H]2[C@@H](C(=O)NCc3ccccc3)[C@@]3(C)CCC2(O3)C1C(=O)Nc1c(C)cccc1Cl. The highest BCUT2D eigenvalue weighted by molar-refractivity contribution is 6.34. The first-order chi connectivity index (χ1) is 18.2. The second kappa shape index (κ2) is 9.98. The molecule has 3 saturated heterocycles. The van der Waals surface area contributed by atoms with Crippen molar-refractivity contribution in [2.24, 2.45) is 11.8 Å². The number of amides is 3. The number of benzene rings is 2. The molecule has 3 amide bonds. The van der Waals surface area contributed by atoms with Crippen LogP contribution in [0.5, 0.6) is 0 Å². The minimum atomic E-state index is -1.18. The third-order valence-electron chi connectivity index (χ3n) is 8.60. The zero-order chi connectivity index (χ0) is 27.2. The molecule has 0 radical (unpaired) electrons. The molecule has 0 aromatic heterocycles. The molecule has 3 fully saturated rings. The zero-order valence-corrected chi connectivity index (χ0v) is 22.6. The number of carbonyl (C=O) groups is 3. The average Bonchev–Trinajstić information content (AvgIpc) is 3.47. The van der Waals surface area contributed by atoms with Gasteiger partial charge < -0.3 is 25.4 Å². The zero-order valence-electron chi connectivity index (χ0n) is 21.9. The molecule has 5 rings (SSSR count). The number of aliphatic hydroxyl groups excluding tert-OH is 1. The van der Waals surface area contributed by atoms with Crippen molar-refractivity contribution in [3.63, 3.8) is 0 Å². The third-order valence-corrected chi connectivity index (χ3v) is 8.92. The van der Waals surface area contributed by atoms with Crippen LogP contribution in [0.3, 0.4) is 0 Å². The van der Waals surface area contributed by atoms with Crippen LogP contribution >= 0.6 is 11.6 Å². The van der Waals surface area contributed by atoms with Crippen molar-refractivity contribution < 1.29 is 24.2 Å². The van der Waals surface area contributed by atoms with E-state index in [0.717, 1.165) is 11.1 Å². The summed E-state index contributed by atoms with van der Waals surface area (Å²) in [5, 5.41) is 16.5. The lowest BCUT2D eigenvalue weighted by molar-refractivity contribution is -0.148. The minimum absolute atomic E-state index is 0.267. The van der Waals surface area contributed by atoms with Gasteiger partial charge in [-0.05, 0) is 50.3 Å². The van der Waals surface area contributed by atoms with E-state index in [0.29, 0.717) is 36.5 Å². The van der Waals surface area contributed by atoms with Crippen molar-refractivity contribution in [3.8, 4) is 0 Å². The summed E-state index contributed by atoms with van der Waals surface area (Å²) in [6.45, 7) is 5.59. The fourth-order valence-electron chi connectivity index (χ4n) is 6.75. The van der Waals surface area contributed by atoms with Gasteiger partial charge in [0.15, 0.2) is 0 Å². The molecular weight excluding hydrogens is 506 g/mol. The van der Waals surface area contributed by atoms with E-state index in [9.17, 15) is 19.5 Å². The number of aliphatic hydroxyl groups is 1. The van der Waals surface area contributed by atoms with Gasteiger partial charge in [-0.3, -0.25) is 14.4 Å². The Hall–Kier alpha value is -2.94. The number of rotatable bonds is 8. The molecule has 2 unspecified atom stereocenters. The lowest BCUT2D eigenvalue weighted by Crippen LogP contribution is -2.56. The molecule has 8 nitrogen and oxygen atoms in total. The summed E-state index contributed by atoms with van der Waals surface area (Å²) in [5.41, 5.74) is 0.143. The number of hydrogen-bond donors (Lipinski definition) is 3. The molecule has 6 atom stereocenters. The van der Waals surface area contributed by atoms with Crippen LogP contribution in [0.4, 0.5) is 5.69 Å². The number of carbonyl (C=O) groups excluding carboxylic acids is 3. The van der Waals surface area contributed by atoms with E-state index < -0.39 is 41.0 Å². The van der Waals surface area contributed by atoms with Gasteiger partial charge in [0.2, 0.25) is 17.7 Å². The number of nitrogens with one attached hydrogen (secondary N) is 2. The molecule has 0 saturated carbocycles. The molecule has 2 bridgehead atoms. The number of anilines is 1. The van der Waals surface area contributed by atoms with Crippen LogP contribution in [0.15, 0.2) is 48.5 Å². The lowest BCUT2D eigenvalue weighted by Gasteiger charge is -2.36. The summed E-state index contributed by atoms with van der Waals surface area (Å²) in [6, 6.07) is 13.3. The number of hydrogen-bond acceptors (Lipinski definition) is 5.